The molecule has 0 N–H and O–H groups in total. The number of ether oxygens (including phenoxy) is 1. The van der Waals surface area contributed by atoms with Gasteiger partial charge >= 0.3 is 0 Å². The highest BCUT2D eigenvalue weighted by molar-refractivity contribution is 5.97. The van der Waals surface area contributed by atoms with Crippen LogP contribution in [0.25, 0.3) is 0 Å². The summed E-state index contributed by atoms with van der Waals surface area (Å²) < 4.78 is 5.55. The van der Waals surface area contributed by atoms with Crippen LogP contribution in [0.2, 0.25) is 0 Å². The van der Waals surface area contributed by atoms with Crippen molar-refractivity contribution < 1.29 is 9.53 Å². The van der Waals surface area contributed by atoms with E-state index in [0.29, 0.717) is 13.0 Å². The van der Waals surface area contributed by atoms with E-state index >= 15 is 0 Å². The molecular formula is C17H18O2. The minimum absolute atomic E-state index is 0.136. The summed E-state index contributed by atoms with van der Waals surface area (Å²) in [6.45, 7) is 4.37. The van der Waals surface area contributed by atoms with E-state index in [1.165, 1.54) is 0 Å². The highest BCUT2D eigenvalue weighted by Gasteiger charge is 2.09. The molecule has 0 saturated heterocycles. The minimum atomic E-state index is 0.136. The number of rotatable bonds is 5. The first kappa shape index (κ1) is 13.3. The van der Waals surface area contributed by atoms with Crippen molar-refractivity contribution >= 4 is 5.78 Å². The Bertz CT molecular complexity index is 559. The zero-order chi connectivity index (χ0) is 13.7. The second-order valence-corrected chi connectivity index (χ2v) is 4.65. The van der Waals surface area contributed by atoms with Crippen molar-refractivity contribution in [3.63, 3.8) is 0 Å². The summed E-state index contributed by atoms with van der Waals surface area (Å²) in [7, 11) is 0. The minimum Gasteiger partial charge on any atom is -0.493 e. The molecule has 0 heterocycles. The number of aryl methyl sites for hydroxylation is 2. The Labute approximate surface area is 114 Å². The van der Waals surface area contributed by atoms with Crippen LogP contribution in [0, 0.1) is 13.8 Å². The Hall–Kier alpha value is -2.09. The molecule has 0 bridgehead atoms. The molecule has 0 aliphatic rings. The van der Waals surface area contributed by atoms with E-state index in [2.05, 4.69) is 0 Å². The largest absolute Gasteiger partial charge is 0.493 e. The first-order chi connectivity index (χ1) is 9.16. The molecule has 0 unspecified atom stereocenters. The van der Waals surface area contributed by atoms with E-state index in [9.17, 15) is 4.79 Å². The van der Waals surface area contributed by atoms with Crippen LogP contribution in [0.5, 0.6) is 5.75 Å². The van der Waals surface area contributed by atoms with Gasteiger partial charge in [0.2, 0.25) is 0 Å². The molecule has 2 nitrogen and oxygen atoms in total. The zero-order valence-corrected chi connectivity index (χ0v) is 11.3. The van der Waals surface area contributed by atoms with Gasteiger partial charge in [-0.1, -0.05) is 35.9 Å². The van der Waals surface area contributed by atoms with Gasteiger partial charge in [0.1, 0.15) is 5.75 Å². The summed E-state index contributed by atoms with van der Waals surface area (Å²) in [5.74, 6) is 0.938. The van der Waals surface area contributed by atoms with Crippen LogP contribution in [0.15, 0.2) is 48.5 Å². The highest BCUT2D eigenvalue weighted by atomic mass is 16.5. The van der Waals surface area contributed by atoms with Crippen LogP contribution in [-0.2, 0) is 0 Å². The Morgan fingerprint density at radius 3 is 2.53 bits per heavy atom. The molecule has 0 aliphatic carbocycles. The van der Waals surface area contributed by atoms with E-state index in [1.807, 2.05) is 62.4 Å². The van der Waals surface area contributed by atoms with Crippen LogP contribution in [0.3, 0.4) is 0 Å². The lowest BCUT2D eigenvalue weighted by Crippen LogP contribution is -2.08. The van der Waals surface area contributed by atoms with Gasteiger partial charge in [0.25, 0.3) is 0 Å². The molecule has 0 spiro atoms. The average Bonchev–Trinajstić information content (AvgIpc) is 2.42. The van der Waals surface area contributed by atoms with Gasteiger partial charge in [-0.15, -0.1) is 0 Å². The van der Waals surface area contributed by atoms with E-state index in [1.54, 1.807) is 0 Å². The summed E-state index contributed by atoms with van der Waals surface area (Å²) in [6.07, 6.45) is 0.402. The predicted octanol–water partition coefficient (Wildman–Crippen LogP) is 3.96. The highest BCUT2D eigenvalue weighted by Crippen LogP contribution is 2.14. The SMILES string of the molecule is Cc1ccc(C)c(C(=O)CCOc2ccccc2)c1. The zero-order valence-electron chi connectivity index (χ0n) is 11.3. The monoisotopic (exact) mass is 254 g/mol. The number of Topliss-reactive ketones (excluding diaryl/α,β-unsaturated/α-hetero) is 1. The van der Waals surface area contributed by atoms with E-state index < -0.39 is 0 Å². The van der Waals surface area contributed by atoms with Gasteiger partial charge in [-0.2, -0.15) is 0 Å². The lowest BCUT2D eigenvalue weighted by molar-refractivity contribution is 0.0961. The van der Waals surface area contributed by atoms with Crippen LogP contribution in [-0.4, -0.2) is 12.4 Å². The van der Waals surface area contributed by atoms with Gasteiger partial charge < -0.3 is 4.74 Å². The maximum atomic E-state index is 12.1. The maximum absolute atomic E-state index is 12.1. The van der Waals surface area contributed by atoms with Crippen LogP contribution in [0.1, 0.15) is 27.9 Å². The first-order valence-electron chi connectivity index (χ1n) is 6.45. The third kappa shape index (κ3) is 3.68. The number of hydrogen-bond donors (Lipinski definition) is 0. The molecule has 19 heavy (non-hydrogen) atoms. The van der Waals surface area contributed by atoms with Crippen LogP contribution >= 0.6 is 0 Å². The Balaban J connectivity index is 1.93. The van der Waals surface area contributed by atoms with Gasteiger partial charge in [0, 0.05) is 12.0 Å². The number of carbonyl (C=O) groups is 1. The summed E-state index contributed by atoms with van der Waals surface area (Å²) in [5.41, 5.74) is 2.94. The van der Waals surface area contributed by atoms with Gasteiger partial charge in [-0.05, 0) is 37.6 Å². The van der Waals surface area contributed by atoms with Crippen molar-refractivity contribution in [2.75, 3.05) is 6.61 Å². The van der Waals surface area contributed by atoms with Crippen molar-refractivity contribution in [1.29, 1.82) is 0 Å². The second kappa shape index (κ2) is 6.19. The van der Waals surface area contributed by atoms with E-state index in [4.69, 9.17) is 4.74 Å². The molecule has 0 radical (unpaired) electrons. The number of hydrogen-bond acceptors (Lipinski definition) is 2. The average molecular weight is 254 g/mol. The Morgan fingerprint density at radius 1 is 1.05 bits per heavy atom. The first-order valence-corrected chi connectivity index (χ1v) is 6.45. The number of benzene rings is 2. The van der Waals surface area contributed by atoms with Crippen molar-refractivity contribution in [2.45, 2.75) is 20.3 Å². The maximum Gasteiger partial charge on any atom is 0.166 e. The molecule has 2 heteroatoms. The Kier molecular flexibility index (Phi) is 4.35. The topological polar surface area (TPSA) is 26.3 Å². The normalized spacial score (nSPS) is 10.2. The van der Waals surface area contributed by atoms with Gasteiger partial charge in [-0.25, -0.2) is 0 Å². The lowest BCUT2D eigenvalue weighted by atomic mass is 10.0. The molecule has 2 aromatic rings. The van der Waals surface area contributed by atoms with E-state index in [-0.39, 0.29) is 5.78 Å². The fraction of sp³-hybridized carbons (Fsp3) is 0.235. The van der Waals surface area contributed by atoms with Crippen molar-refractivity contribution in [2.24, 2.45) is 0 Å². The third-order valence-corrected chi connectivity index (χ3v) is 3.03. The summed E-state index contributed by atoms with van der Waals surface area (Å²) in [5, 5.41) is 0. The molecule has 0 aliphatic heterocycles. The second-order valence-electron chi connectivity index (χ2n) is 4.65. The fourth-order valence-electron chi connectivity index (χ4n) is 1.95. The van der Waals surface area contributed by atoms with Gasteiger partial charge in [-0.3, -0.25) is 4.79 Å². The van der Waals surface area contributed by atoms with Crippen molar-refractivity contribution in [1.82, 2.24) is 0 Å². The van der Waals surface area contributed by atoms with Crippen LogP contribution < -0.4 is 4.74 Å². The third-order valence-electron chi connectivity index (χ3n) is 3.03. The lowest BCUT2D eigenvalue weighted by Gasteiger charge is -2.08. The molecule has 0 amide bonds. The summed E-state index contributed by atoms with van der Waals surface area (Å²) in [4.78, 5) is 12.1. The molecule has 2 aromatic carbocycles. The summed E-state index contributed by atoms with van der Waals surface area (Å²) >= 11 is 0. The number of carbonyl (C=O) groups excluding carboxylic acids is 1. The standard InChI is InChI=1S/C17H18O2/c1-13-8-9-14(2)16(12-13)17(18)10-11-19-15-6-4-3-5-7-15/h3-9,12H,10-11H2,1-2H3. The number of para-hydroxylation sites is 1. The van der Waals surface area contributed by atoms with E-state index in [0.717, 1.165) is 22.4 Å². The molecule has 2 rings (SSSR count). The van der Waals surface area contributed by atoms with Crippen LogP contribution in [0.4, 0.5) is 0 Å². The molecule has 98 valence electrons. The van der Waals surface area contributed by atoms with Gasteiger partial charge in [0.05, 0.1) is 6.61 Å². The molecular weight excluding hydrogens is 236 g/mol. The quantitative estimate of drug-likeness (QED) is 0.755. The van der Waals surface area contributed by atoms with Crippen molar-refractivity contribution in [3.8, 4) is 5.75 Å². The Morgan fingerprint density at radius 2 is 1.79 bits per heavy atom. The molecule has 0 atom stereocenters. The fourth-order valence-corrected chi connectivity index (χ4v) is 1.95. The summed E-state index contributed by atoms with van der Waals surface area (Å²) in [6, 6.07) is 15.5. The number of ketones is 1. The molecule has 0 aromatic heterocycles. The molecule has 0 saturated carbocycles. The predicted molar refractivity (Wildman–Crippen MR) is 76.8 cm³/mol. The van der Waals surface area contributed by atoms with Crippen molar-refractivity contribution in [3.05, 3.63) is 65.2 Å². The smallest absolute Gasteiger partial charge is 0.166 e. The molecule has 0 fully saturated rings. The van der Waals surface area contributed by atoms with Gasteiger partial charge in [0.15, 0.2) is 5.78 Å².